The van der Waals surface area contributed by atoms with Crippen molar-refractivity contribution in [1.82, 2.24) is 4.98 Å². The van der Waals surface area contributed by atoms with E-state index in [1.54, 1.807) is 13.8 Å². The molecule has 2 heterocycles. The van der Waals surface area contributed by atoms with Crippen LogP contribution in [0.5, 0.6) is 11.5 Å². The molecular formula is C27H32IrNO3-. The van der Waals surface area contributed by atoms with E-state index in [4.69, 9.17) is 14.9 Å². The van der Waals surface area contributed by atoms with Crippen molar-refractivity contribution in [3.63, 3.8) is 0 Å². The van der Waals surface area contributed by atoms with E-state index in [1.165, 1.54) is 11.1 Å². The predicted molar refractivity (Wildman–Crippen MR) is 124 cm³/mol. The number of hydrogen-bond donors (Lipinski definition) is 2. The van der Waals surface area contributed by atoms with E-state index in [2.05, 4.69) is 43.1 Å². The van der Waals surface area contributed by atoms with E-state index >= 15 is 0 Å². The maximum absolute atomic E-state index is 8.56. The van der Waals surface area contributed by atoms with Crippen LogP contribution >= 0.6 is 0 Å². The Morgan fingerprint density at radius 3 is 2.16 bits per heavy atom. The Morgan fingerprint density at radius 1 is 0.938 bits per heavy atom. The first-order valence-electron chi connectivity index (χ1n) is 11.0. The van der Waals surface area contributed by atoms with Gasteiger partial charge in [-0.25, -0.2) is 0 Å². The molecule has 1 aliphatic rings. The van der Waals surface area contributed by atoms with Gasteiger partial charge in [-0.1, -0.05) is 62.6 Å². The maximum Gasteiger partial charge on any atom is 0.128 e. The summed E-state index contributed by atoms with van der Waals surface area (Å²) < 4.78 is 6.25. The number of nitrogens with zero attached hydrogens (tertiary/aromatic N) is 1. The fourth-order valence-corrected chi connectivity index (χ4v) is 4.43. The third-order valence-corrected chi connectivity index (χ3v) is 5.87. The van der Waals surface area contributed by atoms with Gasteiger partial charge in [0.05, 0.1) is 18.0 Å². The Labute approximate surface area is 205 Å². The molecule has 173 valence electrons. The van der Waals surface area contributed by atoms with Crippen LogP contribution in [0.2, 0.25) is 0 Å². The predicted octanol–water partition coefficient (Wildman–Crippen LogP) is 5.90. The summed E-state index contributed by atoms with van der Waals surface area (Å²) in [6, 6.07) is 21.8. The molecule has 0 saturated heterocycles. The van der Waals surface area contributed by atoms with Crippen LogP contribution in [0.1, 0.15) is 58.1 Å². The summed E-state index contributed by atoms with van der Waals surface area (Å²) in [5, 5.41) is 17.1. The smallest absolute Gasteiger partial charge is 0.128 e. The van der Waals surface area contributed by atoms with Gasteiger partial charge in [0, 0.05) is 26.3 Å². The van der Waals surface area contributed by atoms with Crippen LogP contribution in [0.25, 0.3) is 11.3 Å². The standard InChI is InChI=1S/C22H20NO.C5H12O2.Ir/c1-3-22(4-2)17-11-5-6-13-19(17)24-20-14-9-10-16(21(20)22)18-12-7-8-15-23-18;1-4(6)3-5(2)7;/h5-9,11-15H,3-4H2,1-2H3;4-7H,3H2,1-2H3;/q-1;;. The maximum atomic E-state index is 8.56. The van der Waals surface area contributed by atoms with Crippen LogP contribution in [0.3, 0.4) is 0 Å². The number of aromatic nitrogens is 1. The molecule has 2 unspecified atom stereocenters. The molecule has 0 amide bonds. The monoisotopic (exact) mass is 611 g/mol. The second-order valence-corrected chi connectivity index (χ2v) is 8.13. The molecule has 2 atom stereocenters. The molecule has 3 aromatic rings. The van der Waals surface area contributed by atoms with Gasteiger partial charge >= 0.3 is 0 Å². The SMILES string of the molecule is CC(O)CC(C)O.CCC1(CC)c2ccccc2Oc2cc[c-]c(-c3ccccn3)c21.[Ir]. The molecule has 1 aliphatic heterocycles. The Hall–Kier alpha value is -2.04. The normalized spacial score (nSPS) is 14.9. The number of fused-ring (bicyclic) bond motifs is 2. The summed E-state index contributed by atoms with van der Waals surface area (Å²) >= 11 is 0. The van der Waals surface area contributed by atoms with E-state index < -0.39 is 0 Å². The molecule has 4 rings (SSSR count). The molecule has 1 radical (unpaired) electrons. The molecule has 0 fully saturated rings. The Kier molecular flexibility index (Phi) is 9.60. The van der Waals surface area contributed by atoms with E-state index in [0.29, 0.717) is 6.42 Å². The summed E-state index contributed by atoms with van der Waals surface area (Å²) in [6.07, 6.45) is 3.57. The van der Waals surface area contributed by atoms with Crippen molar-refractivity contribution in [2.45, 2.75) is 64.6 Å². The van der Waals surface area contributed by atoms with Crippen molar-refractivity contribution in [1.29, 1.82) is 0 Å². The summed E-state index contributed by atoms with van der Waals surface area (Å²) in [4.78, 5) is 4.56. The minimum atomic E-state index is -0.375. The summed E-state index contributed by atoms with van der Waals surface area (Å²) in [5.74, 6) is 1.89. The number of hydrogen-bond acceptors (Lipinski definition) is 4. The van der Waals surface area contributed by atoms with Crippen molar-refractivity contribution in [3.05, 3.63) is 78.0 Å². The van der Waals surface area contributed by atoms with Crippen LogP contribution in [-0.4, -0.2) is 27.4 Å². The number of aliphatic hydroxyl groups is 2. The minimum absolute atomic E-state index is 0. The van der Waals surface area contributed by atoms with Gasteiger partial charge in [-0.05, 0) is 49.1 Å². The van der Waals surface area contributed by atoms with Crippen LogP contribution < -0.4 is 4.74 Å². The Morgan fingerprint density at radius 2 is 1.59 bits per heavy atom. The number of aliphatic hydroxyl groups excluding tert-OH is 2. The third-order valence-electron chi connectivity index (χ3n) is 5.87. The third kappa shape index (κ3) is 5.47. The number of benzene rings is 2. The average Bonchev–Trinajstić information content (AvgIpc) is 2.77. The van der Waals surface area contributed by atoms with E-state index in [-0.39, 0.29) is 37.7 Å². The zero-order chi connectivity index (χ0) is 22.4. The van der Waals surface area contributed by atoms with Crippen molar-refractivity contribution >= 4 is 0 Å². The van der Waals surface area contributed by atoms with Gasteiger partial charge in [-0.3, -0.25) is 0 Å². The second-order valence-electron chi connectivity index (χ2n) is 8.13. The molecule has 5 heteroatoms. The summed E-state index contributed by atoms with van der Waals surface area (Å²) in [5.41, 5.74) is 4.40. The Balaban J connectivity index is 0.000000398. The number of rotatable bonds is 5. The van der Waals surface area contributed by atoms with Crippen LogP contribution in [0, 0.1) is 6.07 Å². The zero-order valence-electron chi connectivity index (χ0n) is 19.1. The van der Waals surface area contributed by atoms with Gasteiger partial charge in [0.1, 0.15) is 5.75 Å². The van der Waals surface area contributed by atoms with Crippen molar-refractivity contribution in [2.24, 2.45) is 0 Å². The largest absolute Gasteiger partial charge is 0.476 e. The molecule has 2 aromatic carbocycles. The van der Waals surface area contributed by atoms with Gasteiger partial charge in [-0.2, -0.15) is 0 Å². The van der Waals surface area contributed by atoms with Gasteiger partial charge in [0.15, 0.2) is 0 Å². The molecule has 0 bridgehead atoms. The second kappa shape index (κ2) is 11.7. The molecule has 4 nitrogen and oxygen atoms in total. The van der Waals surface area contributed by atoms with Crippen molar-refractivity contribution < 1.29 is 35.1 Å². The molecule has 32 heavy (non-hydrogen) atoms. The van der Waals surface area contributed by atoms with E-state index in [0.717, 1.165) is 35.6 Å². The molecule has 2 N–H and O–H groups in total. The Bertz CT molecular complexity index is 979. The minimum Gasteiger partial charge on any atom is -0.476 e. The van der Waals surface area contributed by atoms with E-state index in [9.17, 15) is 0 Å². The van der Waals surface area contributed by atoms with Gasteiger partial charge in [0.2, 0.25) is 0 Å². The number of para-hydroxylation sites is 1. The molecule has 1 aromatic heterocycles. The van der Waals surface area contributed by atoms with Crippen LogP contribution in [-0.2, 0) is 25.5 Å². The zero-order valence-corrected chi connectivity index (χ0v) is 21.5. The van der Waals surface area contributed by atoms with Gasteiger partial charge in [0.25, 0.3) is 0 Å². The van der Waals surface area contributed by atoms with Crippen molar-refractivity contribution in [3.8, 4) is 22.8 Å². The molecular weight excluding hydrogens is 579 g/mol. The number of pyridine rings is 1. The molecule has 0 spiro atoms. The summed E-state index contributed by atoms with van der Waals surface area (Å²) in [6.45, 7) is 7.83. The van der Waals surface area contributed by atoms with E-state index in [1.807, 2.05) is 42.6 Å². The first-order chi connectivity index (χ1) is 14.9. The fraction of sp³-hybridized carbons (Fsp3) is 0.370. The summed E-state index contributed by atoms with van der Waals surface area (Å²) in [7, 11) is 0. The van der Waals surface area contributed by atoms with Crippen molar-refractivity contribution in [2.75, 3.05) is 0 Å². The quantitative estimate of drug-likeness (QED) is 0.354. The molecule has 0 aliphatic carbocycles. The van der Waals surface area contributed by atoms with Gasteiger partial charge < -0.3 is 19.9 Å². The topological polar surface area (TPSA) is 62.6 Å². The average molecular weight is 611 g/mol. The fourth-order valence-electron chi connectivity index (χ4n) is 4.43. The number of ether oxygens (including phenoxy) is 1. The van der Waals surface area contributed by atoms with Gasteiger partial charge in [-0.15, -0.1) is 23.8 Å². The molecule has 0 saturated carbocycles. The first-order valence-corrected chi connectivity index (χ1v) is 11.0. The first kappa shape index (κ1) is 26.2. The van der Waals surface area contributed by atoms with Crippen LogP contribution in [0.4, 0.5) is 0 Å². The van der Waals surface area contributed by atoms with Crippen LogP contribution in [0.15, 0.2) is 60.8 Å².